The molecule has 8 heteroatoms. The number of carbonyl (C=O) groups excluding carboxylic acids is 1. The van der Waals surface area contributed by atoms with Gasteiger partial charge in [0.15, 0.2) is 0 Å². The molecule has 0 bridgehead atoms. The Balaban J connectivity index is 2.35. The van der Waals surface area contributed by atoms with Gasteiger partial charge in [0.25, 0.3) is 0 Å². The summed E-state index contributed by atoms with van der Waals surface area (Å²) in [4.78, 5) is 12.9. The monoisotopic (exact) mass is 424 g/mol. The van der Waals surface area contributed by atoms with Gasteiger partial charge in [0, 0.05) is 10.7 Å². The molecule has 0 aliphatic carbocycles. The number of benzene rings is 2. The van der Waals surface area contributed by atoms with Gasteiger partial charge in [0.05, 0.1) is 18.6 Å². The molecule has 0 unspecified atom stereocenters. The smallest absolute Gasteiger partial charge is 0.248 e. The zero-order valence-corrected chi connectivity index (χ0v) is 18.0. The number of halogens is 1. The van der Waals surface area contributed by atoms with Gasteiger partial charge in [-0.05, 0) is 68.3 Å². The van der Waals surface area contributed by atoms with Crippen molar-refractivity contribution in [3.63, 3.8) is 0 Å². The van der Waals surface area contributed by atoms with E-state index in [1.165, 1.54) is 0 Å². The number of nitrogens with zero attached hydrogens (tertiary/aromatic N) is 1. The van der Waals surface area contributed by atoms with Crippen molar-refractivity contribution < 1.29 is 17.9 Å². The number of sulfonamides is 1. The van der Waals surface area contributed by atoms with E-state index in [1.54, 1.807) is 49.4 Å². The number of carbonyl (C=O) groups is 1. The maximum atomic E-state index is 12.9. The molecular weight excluding hydrogens is 400 g/mol. The number of amides is 1. The van der Waals surface area contributed by atoms with Crippen LogP contribution in [0.4, 0.5) is 11.4 Å². The molecule has 152 valence electrons. The Bertz CT molecular complexity index is 930. The van der Waals surface area contributed by atoms with Gasteiger partial charge in [-0.1, -0.05) is 18.5 Å². The first-order valence-electron chi connectivity index (χ1n) is 8.96. The standard InChI is InChI=1S/C20H25ClN2O4S/c1-5-19(20(24)22-18-12-7-15(21)13-14(18)3)23(28(4,25)26)16-8-10-17(11-9-16)27-6-2/h7-13,19H,5-6H2,1-4H3,(H,22,24)/t19-/m1/s1. The number of aryl methyl sites for hydroxylation is 1. The van der Waals surface area contributed by atoms with Crippen LogP contribution in [0.1, 0.15) is 25.8 Å². The molecule has 0 saturated carbocycles. The van der Waals surface area contributed by atoms with Crippen molar-refractivity contribution in [3.8, 4) is 5.75 Å². The van der Waals surface area contributed by atoms with Gasteiger partial charge in [-0.2, -0.15) is 0 Å². The Morgan fingerprint density at radius 2 is 1.82 bits per heavy atom. The maximum Gasteiger partial charge on any atom is 0.248 e. The first kappa shape index (κ1) is 22.0. The second kappa shape index (κ2) is 9.30. The van der Waals surface area contributed by atoms with Crippen LogP contribution < -0.4 is 14.4 Å². The van der Waals surface area contributed by atoms with Crippen molar-refractivity contribution in [3.05, 3.63) is 53.1 Å². The molecule has 28 heavy (non-hydrogen) atoms. The van der Waals surface area contributed by atoms with Gasteiger partial charge in [0.1, 0.15) is 11.8 Å². The summed E-state index contributed by atoms with van der Waals surface area (Å²) >= 11 is 5.96. The maximum absolute atomic E-state index is 12.9. The lowest BCUT2D eigenvalue weighted by Gasteiger charge is -2.30. The van der Waals surface area contributed by atoms with Crippen LogP contribution in [0.3, 0.4) is 0 Å². The van der Waals surface area contributed by atoms with Crippen molar-refractivity contribution >= 4 is 38.9 Å². The molecule has 2 aromatic carbocycles. The normalized spacial score (nSPS) is 12.3. The molecule has 0 aromatic heterocycles. The molecule has 1 N–H and O–H groups in total. The van der Waals surface area contributed by atoms with E-state index in [9.17, 15) is 13.2 Å². The van der Waals surface area contributed by atoms with Crippen LogP contribution in [-0.4, -0.2) is 33.2 Å². The largest absolute Gasteiger partial charge is 0.494 e. The summed E-state index contributed by atoms with van der Waals surface area (Å²) in [7, 11) is -3.70. The molecule has 1 amide bonds. The van der Waals surface area contributed by atoms with Crippen molar-refractivity contribution in [2.75, 3.05) is 22.5 Å². The fourth-order valence-corrected chi connectivity index (χ4v) is 4.34. The van der Waals surface area contributed by atoms with E-state index in [2.05, 4.69) is 5.32 Å². The number of hydrogen-bond donors (Lipinski definition) is 1. The molecule has 0 radical (unpaired) electrons. The Morgan fingerprint density at radius 1 is 1.18 bits per heavy atom. The number of anilines is 2. The Kier molecular flexibility index (Phi) is 7.32. The Morgan fingerprint density at radius 3 is 2.32 bits per heavy atom. The predicted molar refractivity (Wildman–Crippen MR) is 114 cm³/mol. The molecule has 0 aliphatic heterocycles. The lowest BCUT2D eigenvalue weighted by Crippen LogP contribution is -2.47. The highest BCUT2D eigenvalue weighted by atomic mass is 35.5. The molecule has 2 rings (SSSR count). The van der Waals surface area contributed by atoms with Crippen LogP contribution in [0, 0.1) is 6.92 Å². The van der Waals surface area contributed by atoms with E-state index in [0.29, 0.717) is 35.2 Å². The molecule has 1 atom stereocenters. The predicted octanol–water partition coefficient (Wildman–Crippen LogP) is 4.23. The lowest BCUT2D eigenvalue weighted by molar-refractivity contribution is -0.117. The van der Waals surface area contributed by atoms with Gasteiger partial charge < -0.3 is 10.1 Å². The quantitative estimate of drug-likeness (QED) is 0.688. The zero-order valence-electron chi connectivity index (χ0n) is 16.4. The highest BCUT2D eigenvalue weighted by molar-refractivity contribution is 7.92. The summed E-state index contributed by atoms with van der Waals surface area (Å²) in [5.74, 6) is 0.223. The average Bonchev–Trinajstić information content (AvgIpc) is 2.62. The van der Waals surface area contributed by atoms with Crippen molar-refractivity contribution in [1.29, 1.82) is 0 Å². The lowest BCUT2D eigenvalue weighted by atomic mass is 10.1. The van der Waals surface area contributed by atoms with Crippen molar-refractivity contribution in [2.45, 2.75) is 33.2 Å². The van der Waals surface area contributed by atoms with E-state index in [1.807, 2.05) is 13.8 Å². The van der Waals surface area contributed by atoms with Crippen molar-refractivity contribution in [1.82, 2.24) is 0 Å². The minimum Gasteiger partial charge on any atom is -0.494 e. The topological polar surface area (TPSA) is 75.7 Å². The fraction of sp³-hybridized carbons (Fsp3) is 0.350. The highest BCUT2D eigenvalue weighted by Gasteiger charge is 2.31. The minimum absolute atomic E-state index is 0.304. The van der Waals surface area contributed by atoms with E-state index >= 15 is 0 Å². The van der Waals surface area contributed by atoms with Crippen LogP contribution >= 0.6 is 11.6 Å². The second-order valence-corrected chi connectivity index (χ2v) is 8.65. The first-order valence-corrected chi connectivity index (χ1v) is 11.2. The molecule has 2 aromatic rings. The Hall–Kier alpha value is -2.25. The van der Waals surface area contributed by atoms with E-state index < -0.39 is 22.0 Å². The molecule has 0 heterocycles. The molecule has 0 saturated heterocycles. The Labute approximate surface area is 171 Å². The van der Waals surface area contributed by atoms with Crippen LogP contribution in [0.25, 0.3) is 0 Å². The average molecular weight is 425 g/mol. The van der Waals surface area contributed by atoms with E-state index in [4.69, 9.17) is 16.3 Å². The van der Waals surface area contributed by atoms with E-state index in [-0.39, 0.29) is 0 Å². The molecule has 0 aliphatic rings. The molecule has 0 fully saturated rings. The van der Waals surface area contributed by atoms with Gasteiger partial charge in [-0.3, -0.25) is 9.10 Å². The van der Waals surface area contributed by atoms with Crippen LogP contribution in [0.5, 0.6) is 5.75 Å². The van der Waals surface area contributed by atoms with E-state index in [0.717, 1.165) is 16.1 Å². The highest BCUT2D eigenvalue weighted by Crippen LogP contribution is 2.26. The summed E-state index contributed by atoms with van der Waals surface area (Å²) in [6.07, 6.45) is 1.39. The van der Waals surface area contributed by atoms with Crippen LogP contribution in [0.15, 0.2) is 42.5 Å². The third kappa shape index (κ3) is 5.39. The molecule has 0 spiro atoms. The number of nitrogens with one attached hydrogen (secondary N) is 1. The summed E-state index contributed by atoms with van der Waals surface area (Å²) in [6.45, 7) is 5.97. The summed E-state index contributed by atoms with van der Waals surface area (Å²) < 4.78 is 31.6. The first-order chi connectivity index (χ1) is 13.2. The van der Waals surface area contributed by atoms with Gasteiger partial charge in [-0.25, -0.2) is 8.42 Å². The second-order valence-electron chi connectivity index (χ2n) is 6.36. The fourth-order valence-electron chi connectivity index (χ4n) is 2.90. The minimum atomic E-state index is -3.70. The van der Waals surface area contributed by atoms with Gasteiger partial charge in [-0.15, -0.1) is 0 Å². The number of rotatable bonds is 8. The van der Waals surface area contributed by atoms with Crippen LogP contribution in [0.2, 0.25) is 5.02 Å². The summed E-state index contributed by atoms with van der Waals surface area (Å²) in [5.41, 5.74) is 1.79. The van der Waals surface area contributed by atoms with Crippen molar-refractivity contribution in [2.24, 2.45) is 0 Å². The zero-order chi connectivity index (χ0) is 20.9. The molecule has 6 nitrogen and oxygen atoms in total. The summed E-state index contributed by atoms with van der Waals surface area (Å²) in [5, 5.41) is 3.38. The number of hydrogen-bond acceptors (Lipinski definition) is 4. The summed E-state index contributed by atoms with van der Waals surface area (Å²) in [6, 6.07) is 10.8. The third-order valence-electron chi connectivity index (χ3n) is 4.18. The van der Waals surface area contributed by atoms with Gasteiger partial charge >= 0.3 is 0 Å². The molecular formula is C20H25ClN2O4S. The third-order valence-corrected chi connectivity index (χ3v) is 5.59. The SMILES string of the molecule is CCOc1ccc(N([C@H](CC)C(=O)Nc2ccc(Cl)cc2C)S(C)(=O)=O)cc1. The van der Waals surface area contributed by atoms with Gasteiger partial charge in [0.2, 0.25) is 15.9 Å². The van der Waals surface area contributed by atoms with Crippen LogP contribution in [-0.2, 0) is 14.8 Å². The number of ether oxygens (including phenoxy) is 1.